The second-order valence-electron chi connectivity index (χ2n) is 4.42. The van der Waals surface area contributed by atoms with Crippen LogP contribution in [0.25, 0.3) is 0 Å². The molecule has 88 valence electrons. The van der Waals surface area contributed by atoms with E-state index >= 15 is 0 Å². The van der Waals surface area contributed by atoms with E-state index in [-0.39, 0.29) is 0 Å². The molecule has 0 aromatic heterocycles. The zero-order chi connectivity index (χ0) is 11.7. The lowest BCUT2D eigenvalue weighted by molar-refractivity contribution is 0.353. The minimum Gasteiger partial charge on any atom is -0.370 e. The summed E-state index contributed by atoms with van der Waals surface area (Å²) in [5.74, 6) is 0.396. The van der Waals surface area contributed by atoms with Crippen molar-refractivity contribution in [2.24, 2.45) is 0 Å². The van der Waals surface area contributed by atoms with Crippen LogP contribution in [0.5, 0.6) is 0 Å². The molecular formula is C13H16Cl2O. The standard InChI is InChI=1S/C13H16Cl2O/c1-3-12-13(16-12)6-8(2)10-7-9(14)4-5-11(10)15/h4-5,7-8,12-13H,3,6H2,1-2H3. The van der Waals surface area contributed by atoms with Crippen LogP contribution in [0.15, 0.2) is 18.2 Å². The molecule has 3 atom stereocenters. The molecule has 0 bridgehead atoms. The third-order valence-corrected chi connectivity index (χ3v) is 3.74. The van der Waals surface area contributed by atoms with Crippen molar-refractivity contribution in [1.29, 1.82) is 0 Å². The van der Waals surface area contributed by atoms with Crippen LogP contribution in [0.1, 0.15) is 38.2 Å². The van der Waals surface area contributed by atoms with Gasteiger partial charge in [0.05, 0.1) is 12.2 Å². The van der Waals surface area contributed by atoms with Gasteiger partial charge in [0.2, 0.25) is 0 Å². The molecule has 3 heteroatoms. The Morgan fingerprint density at radius 1 is 1.31 bits per heavy atom. The predicted octanol–water partition coefficient (Wildman–Crippen LogP) is 4.66. The number of hydrogen-bond donors (Lipinski definition) is 0. The topological polar surface area (TPSA) is 12.5 Å². The van der Waals surface area contributed by atoms with Crippen molar-refractivity contribution >= 4 is 23.2 Å². The Bertz CT molecular complexity index is 378. The normalized spacial score (nSPS) is 25.5. The highest BCUT2D eigenvalue weighted by Gasteiger charge is 2.38. The van der Waals surface area contributed by atoms with Crippen LogP contribution >= 0.6 is 23.2 Å². The minimum atomic E-state index is 0.396. The van der Waals surface area contributed by atoms with Gasteiger partial charge in [-0.1, -0.05) is 37.0 Å². The first-order chi connectivity index (χ1) is 7.61. The van der Waals surface area contributed by atoms with E-state index < -0.39 is 0 Å². The maximum Gasteiger partial charge on any atom is 0.0847 e. The molecule has 1 saturated heterocycles. The Hall–Kier alpha value is -0.240. The molecule has 1 aliphatic rings. The maximum atomic E-state index is 6.17. The van der Waals surface area contributed by atoms with Gasteiger partial charge in [-0.25, -0.2) is 0 Å². The smallest absolute Gasteiger partial charge is 0.0847 e. The SMILES string of the molecule is CCC1OC1CC(C)c1cc(Cl)ccc1Cl. The van der Waals surface area contributed by atoms with E-state index in [0.717, 1.165) is 28.5 Å². The Morgan fingerprint density at radius 2 is 2.06 bits per heavy atom. The van der Waals surface area contributed by atoms with E-state index in [2.05, 4.69) is 13.8 Å². The lowest BCUT2D eigenvalue weighted by Gasteiger charge is -2.12. The predicted molar refractivity (Wildman–Crippen MR) is 68.4 cm³/mol. The summed E-state index contributed by atoms with van der Waals surface area (Å²) in [5.41, 5.74) is 1.12. The van der Waals surface area contributed by atoms with E-state index in [1.54, 1.807) is 0 Å². The summed E-state index contributed by atoms with van der Waals surface area (Å²) in [4.78, 5) is 0. The van der Waals surface area contributed by atoms with Crippen LogP contribution in [-0.4, -0.2) is 12.2 Å². The van der Waals surface area contributed by atoms with Crippen molar-refractivity contribution in [3.63, 3.8) is 0 Å². The van der Waals surface area contributed by atoms with Crippen molar-refractivity contribution in [1.82, 2.24) is 0 Å². The highest BCUT2D eigenvalue weighted by Crippen LogP contribution is 2.37. The molecule has 2 rings (SSSR count). The summed E-state index contributed by atoms with van der Waals surface area (Å²) in [6, 6.07) is 5.64. The van der Waals surface area contributed by atoms with Crippen molar-refractivity contribution < 1.29 is 4.74 Å². The fourth-order valence-electron chi connectivity index (χ4n) is 2.11. The highest BCUT2D eigenvalue weighted by atomic mass is 35.5. The molecule has 0 saturated carbocycles. The van der Waals surface area contributed by atoms with Gasteiger partial charge in [0.1, 0.15) is 0 Å². The molecule has 0 amide bonds. The quantitative estimate of drug-likeness (QED) is 0.716. The molecular weight excluding hydrogens is 243 g/mol. The van der Waals surface area contributed by atoms with E-state index in [0.29, 0.717) is 18.1 Å². The van der Waals surface area contributed by atoms with Crippen molar-refractivity contribution in [3.8, 4) is 0 Å². The second-order valence-corrected chi connectivity index (χ2v) is 5.27. The van der Waals surface area contributed by atoms with Crippen LogP contribution in [-0.2, 0) is 4.74 Å². The van der Waals surface area contributed by atoms with Crippen molar-refractivity contribution in [3.05, 3.63) is 33.8 Å². The van der Waals surface area contributed by atoms with Crippen LogP contribution in [0.2, 0.25) is 10.0 Å². The molecule has 1 fully saturated rings. The van der Waals surface area contributed by atoms with E-state index in [4.69, 9.17) is 27.9 Å². The molecule has 0 aliphatic carbocycles. The summed E-state index contributed by atoms with van der Waals surface area (Å²) in [6.07, 6.45) is 3.00. The zero-order valence-electron chi connectivity index (χ0n) is 9.54. The zero-order valence-corrected chi connectivity index (χ0v) is 11.1. The maximum absolute atomic E-state index is 6.17. The molecule has 1 heterocycles. The molecule has 1 aromatic rings. The molecule has 0 spiro atoms. The third kappa shape index (κ3) is 2.71. The lowest BCUT2D eigenvalue weighted by Crippen LogP contribution is -2.01. The lowest BCUT2D eigenvalue weighted by atomic mass is 9.95. The van der Waals surface area contributed by atoms with Gasteiger partial charge >= 0.3 is 0 Å². The first kappa shape index (κ1) is 12.2. The van der Waals surface area contributed by atoms with Gasteiger partial charge in [0.25, 0.3) is 0 Å². The summed E-state index contributed by atoms with van der Waals surface area (Å²) in [6.45, 7) is 4.33. The Balaban J connectivity index is 2.03. The largest absolute Gasteiger partial charge is 0.370 e. The average molecular weight is 259 g/mol. The van der Waals surface area contributed by atoms with Gasteiger partial charge in [-0.2, -0.15) is 0 Å². The summed E-state index contributed by atoms with van der Waals surface area (Å²) < 4.78 is 5.55. The average Bonchev–Trinajstić information content (AvgIpc) is 3.00. The number of ether oxygens (including phenoxy) is 1. The Morgan fingerprint density at radius 3 is 2.69 bits per heavy atom. The van der Waals surface area contributed by atoms with Gasteiger partial charge in [-0.3, -0.25) is 0 Å². The molecule has 1 aromatic carbocycles. The summed E-state index contributed by atoms with van der Waals surface area (Å²) in [5, 5.41) is 1.54. The van der Waals surface area contributed by atoms with Gasteiger partial charge in [0, 0.05) is 10.0 Å². The van der Waals surface area contributed by atoms with Gasteiger partial charge in [0.15, 0.2) is 0 Å². The van der Waals surface area contributed by atoms with Crippen molar-refractivity contribution in [2.45, 2.75) is 44.8 Å². The van der Waals surface area contributed by atoms with E-state index in [1.807, 2.05) is 18.2 Å². The van der Waals surface area contributed by atoms with Crippen LogP contribution in [0, 0.1) is 0 Å². The van der Waals surface area contributed by atoms with Gasteiger partial charge in [-0.05, 0) is 42.5 Å². The number of rotatable bonds is 4. The summed E-state index contributed by atoms with van der Waals surface area (Å²) >= 11 is 12.1. The third-order valence-electron chi connectivity index (χ3n) is 3.16. The molecule has 1 nitrogen and oxygen atoms in total. The minimum absolute atomic E-state index is 0.396. The van der Waals surface area contributed by atoms with E-state index in [9.17, 15) is 0 Å². The number of benzene rings is 1. The molecule has 0 radical (unpaired) electrons. The highest BCUT2D eigenvalue weighted by molar-refractivity contribution is 6.33. The second kappa shape index (κ2) is 4.95. The number of halogens is 2. The van der Waals surface area contributed by atoms with E-state index in [1.165, 1.54) is 0 Å². The number of hydrogen-bond acceptors (Lipinski definition) is 1. The molecule has 1 aliphatic heterocycles. The molecule has 16 heavy (non-hydrogen) atoms. The van der Waals surface area contributed by atoms with Gasteiger partial charge in [-0.15, -0.1) is 0 Å². The Labute approximate surface area is 107 Å². The van der Waals surface area contributed by atoms with Gasteiger partial charge < -0.3 is 4.74 Å². The first-order valence-electron chi connectivity index (χ1n) is 5.72. The van der Waals surface area contributed by atoms with Crippen LogP contribution < -0.4 is 0 Å². The van der Waals surface area contributed by atoms with Crippen molar-refractivity contribution in [2.75, 3.05) is 0 Å². The fraction of sp³-hybridized carbons (Fsp3) is 0.538. The summed E-state index contributed by atoms with van der Waals surface area (Å²) in [7, 11) is 0. The van der Waals surface area contributed by atoms with Crippen LogP contribution in [0.4, 0.5) is 0 Å². The monoisotopic (exact) mass is 258 g/mol. The fourth-order valence-corrected chi connectivity index (χ4v) is 2.60. The first-order valence-corrected chi connectivity index (χ1v) is 6.47. The molecule has 3 unspecified atom stereocenters. The van der Waals surface area contributed by atoms with Crippen LogP contribution in [0.3, 0.4) is 0 Å². The Kier molecular flexibility index (Phi) is 3.78. The number of epoxide rings is 1. The molecule has 0 N–H and O–H groups in total.